The third-order valence-corrected chi connectivity index (χ3v) is 3.46. The zero-order chi connectivity index (χ0) is 12.8. The Labute approximate surface area is 121 Å². The lowest BCUT2D eigenvalue weighted by Gasteiger charge is -2.21. The van der Waals surface area contributed by atoms with E-state index < -0.39 is 0 Å². The summed E-state index contributed by atoms with van der Waals surface area (Å²) in [6.45, 7) is 7.02. The van der Waals surface area contributed by atoms with Crippen molar-refractivity contribution in [2.24, 2.45) is 0 Å². The van der Waals surface area contributed by atoms with Crippen molar-refractivity contribution in [1.82, 2.24) is 4.90 Å². The van der Waals surface area contributed by atoms with E-state index in [0.717, 1.165) is 16.5 Å². The monoisotopic (exact) mass is 363 g/mol. The molecule has 0 aromatic heterocycles. The Morgan fingerprint density at radius 3 is 2.88 bits per heavy atom. The highest BCUT2D eigenvalue weighted by molar-refractivity contribution is 14.1. The Bertz CT molecular complexity index is 420. The number of amides is 1. The van der Waals surface area contributed by atoms with Crippen molar-refractivity contribution in [3.63, 3.8) is 0 Å². The summed E-state index contributed by atoms with van der Waals surface area (Å²) in [5, 5.41) is 0.587. The fourth-order valence-corrected chi connectivity index (χ4v) is 2.27. The molecule has 0 unspecified atom stereocenters. The predicted molar refractivity (Wildman–Crippen MR) is 80.6 cm³/mol. The number of benzene rings is 1. The minimum absolute atomic E-state index is 0.0126. The largest absolute Gasteiger partial charge is 0.335 e. The summed E-state index contributed by atoms with van der Waals surface area (Å²) >= 11 is 8.08. The average molecular weight is 364 g/mol. The Morgan fingerprint density at radius 2 is 2.29 bits per heavy atom. The Morgan fingerprint density at radius 1 is 1.59 bits per heavy atom. The molecule has 92 valence electrons. The lowest BCUT2D eigenvalue weighted by Crippen LogP contribution is -2.32. The molecule has 2 nitrogen and oxygen atoms in total. The first kappa shape index (κ1) is 14.5. The molecule has 0 spiro atoms. The van der Waals surface area contributed by atoms with E-state index in [0.29, 0.717) is 17.1 Å². The topological polar surface area (TPSA) is 20.3 Å². The van der Waals surface area contributed by atoms with Crippen molar-refractivity contribution < 1.29 is 4.79 Å². The molecular formula is C13H15ClINO. The van der Waals surface area contributed by atoms with Gasteiger partial charge in [0.05, 0.1) is 5.56 Å². The van der Waals surface area contributed by atoms with E-state index in [1.54, 1.807) is 23.1 Å². The summed E-state index contributed by atoms with van der Waals surface area (Å²) in [5.74, 6) is 0.0126. The molecule has 0 saturated heterocycles. The molecule has 1 aromatic rings. The van der Waals surface area contributed by atoms with Crippen LogP contribution in [-0.4, -0.2) is 23.9 Å². The first-order valence-corrected chi connectivity index (χ1v) is 6.91. The van der Waals surface area contributed by atoms with Crippen molar-refractivity contribution >= 4 is 40.1 Å². The molecule has 0 N–H and O–H groups in total. The summed E-state index contributed by atoms with van der Waals surface area (Å²) in [4.78, 5) is 14.1. The third-order valence-electron chi connectivity index (χ3n) is 2.29. The van der Waals surface area contributed by atoms with Crippen molar-refractivity contribution in [3.05, 3.63) is 45.0 Å². The number of nitrogens with zero attached hydrogens (tertiary/aromatic N) is 1. The van der Waals surface area contributed by atoms with Gasteiger partial charge in [0.15, 0.2) is 0 Å². The van der Waals surface area contributed by atoms with E-state index in [1.165, 1.54) is 0 Å². The van der Waals surface area contributed by atoms with Gasteiger partial charge >= 0.3 is 0 Å². The van der Waals surface area contributed by atoms with Crippen LogP contribution in [0.3, 0.4) is 0 Å². The SMILES string of the molecule is C=CCN(CCC)C(=O)c1cc(Cl)ccc1I. The summed E-state index contributed by atoms with van der Waals surface area (Å²) in [5.41, 5.74) is 0.661. The molecule has 1 aromatic carbocycles. The van der Waals surface area contributed by atoms with Gasteiger partial charge in [0.2, 0.25) is 0 Å². The van der Waals surface area contributed by atoms with Crippen molar-refractivity contribution in [1.29, 1.82) is 0 Å². The van der Waals surface area contributed by atoms with Gasteiger partial charge in [0.25, 0.3) is 5.91 Å². The van der Waals surface area contributed by atoms with Gasteiger partial charge in [0, 0.05) is 21.7 Å². The molecule has 0 aliphatic carbocycles. The van der Waals surface area contributed by atoms with Crippen LogP contribution in [0.1, 0.15) is 23.7 Å². The lowest BCUT2D eigenvalue weighted by molar-refractivity contribution is 0.0773. The molecule has 1 rings (SSSR count). The highest BCUT2D eigenvalue weighted by Gasteiger charge is 2.16. The maximum absolute atomic E-state index is 12.3. The van der Waals surface area contributed by atoms with Crippen LogP contribution in [0.2, 0.25) is 5.02 Å². The smallest absolute Gasteiger partial charge is 0.255 e. The van der Waals surface area contributed by atoms with Crippen molar-refractivity contribution in [2.75, 3.05) is 13.1 Å². The van der Waals surface area contributed by atoms with Crippen LogP contribution in [0.15, 0.2) is 30.9 Å². The summed E-state index contributed by atoms with van der Waals surface area (Å²) in [6.07, 6.45) is 2.67. The molecule has 0 aliphatic heterocycles. The molecule has 4 heteroatoms. The quantitative estimate of drug-likeness (QED) is 0.572. The average Bonchev–Trinajstić information content (AvgIpc) is 2.31. The molecule has 0 saturated carbocycles. The van der Waals surface area contributed by atoms with E-state index in [1.807, 2.05) is 13.0 Å². The van der Waals surface area contributed by atoms with Crippen LogP contribution in [0, 0.1) is 3.57 Å². The number of hydrogen-bond acceptors (Lipinski definition) is 1. The molecule has 0 aliphatic rings. The predicted octanol–water partition coefficient (Wildman–Crippen LogP) is 3.98. The normalized spacial score (nSPS) is 10.1. The second kappa shape index (κ2) is 7.01. The van der Waals surface area contributed by atoms with Crippen LogP contribution >= 0.6 is 34.2 Å². The van der Waals surface area contributed by atoms with Gasteiger partial charge in [-0.25, -0.2) is 0 Å². The standard InChI is InChI=1S/C13H15ClINO/c1-3-7-16(8-4-2)13(17)11-9-10(14)5-6-12(11)15/h3,5-6,9H,1,4,7-8H2,2H3. The number of carbonyl (C=O) groups excluding carboxylic acids is 1. The molecular weight excluding hydrogens is 349 g/mol. The van der Waals surface area contributed by atoms with Crippen molar-refractivity contribution in [3.8, 4) is 0 Å². The van der Waals surface area contributed by atoms with E-state index in [2.05, 4.69) is 29.2 Å². The summed E-state index contributed by atoms with van der Waals surface area (Å²) in [6, 6.07) is 5.36. The molecule has 0 fully saturated rings. The molecule has 17 heavy (non-hydrogen) atoms. The maximum Gasteiger partial charge on any atom is 0.255 e. The van der Waals surface area contributed by atoms with Gasteiger partial charge in [-0.3, -0.25) is 4.79 Å². The van der Waals surface area contributed by atoms with Crippen molar-refractivity contribution in [2.45, 2.75) is 13.3 Å². The second-order valence-corrected chi connectivity index (χ2v) is 5.26. The number of carbonyl (C=O) groups is 1. The summed E-state index contributed by atoms with van der Waals surface area (Å²) in [7, 11) is 0. The zero-order valence-corrected chi connectivity index (χ0v) is 12.7. The maximum atomic E-state index is 12.3. The van der Waals surface area contributed by atoms with Gasteiger partial charge in [-0.2, -0.15) is 0 Å². The highest BCUT2D eigenvalue weighted by Crippen LogP contribution is 2.19. The minimum Gasteiger partial charge on any atom is -0.335 e. The van der Waals surface area contributed by atoms with Gasteiger partial charge in [-0.1, -0.05) is 24.6 Å². The molecule has 0 bridgehead atoms. The van der Waals surface area contributed by atoms with Crippen LogP contribution in [0.5, 0.6) is 0 Å². The van der Waals surface area contributed by atoms with Crippen LogP contribution in [-0.2, 0) is 0 Å². The Balaban J connectivity index is 2.99. The fourth-order valence-electron chi connectivity index (χ4n) is 1.53. The summed E-state index contributed by atoms with van der Waals surface area (Å²) < 4.78 is 0.919. The van der Waals surface area contributed by atoms with Gasteiger partial charge < -0.3 is 4.90 Å². The highest BCUT2D eigenvalue weighted by atomic mass is 127. The number of halogens is 2. The first-order valence-electron chi connectivity index (χ1n) is 5.45. The van der Waals surface area contributed by atoms with Crippen LogP contribution in [0.4, 0.5) is 0 Å². The van der Waals surface area contributed by atoms with Crippen LogP contribution in [0.25, 0.3) is 0 Å². The van der Waals surface area contributed by atoms with Gasteiger partial charge in [0.1, 0.15) is 0 Å². The number of hydrogen-bond donors (Lipinski definition) is 0. The van der Waals surface area contributed by atoms with E-state index >= 15 is 0 Å². The Kier molecular flexibility index (Phi) is 5.98. The van der Waals surface area contributed by atoms with E-state index in [-0.39, 0.29) is 5.91 Å². The van der Waals surface area contributed by atoms with Crippen LogP contribution < -0.4 is 0 Å². The van der Waals surface area contributed by atoms with E-state index in [9.17, 15) is 4.79 Å². The van der Waals surface area contributed by atoms with E-state index in [4.69, 9.17) is 11.6 Å². The first-order chi connectivity index (χ1) is 8.10. The Hall–Kier alpha value is -0.550. The molecule has 0 radical (unpaired) electrons. The third kappa shape index (κ3) is 4.00. The minimum atomic E-state index is 0.0126. The molecule has 1 amide bonds. The number of rotatable bonds is 5. The van der Waals surface area contributed by atoms with Gasteiger partial charge in [-0.15, -0.1) is 6.58 Å². The molecule has 0 atom stereocenters. The lowest BCUT2D eigenvalue weighted by atomic mass is 10.2. The fraction of sp³-hybridized carbons (Fsp3) is 0.308. The zero-order valence-electron chi connectivity index (χ0n) is 9.75. The molecule has 0 heterocycles. The second-order valence-electron chi connectivity index (χ2n) is 3.66. The van der Waals surface area contributed by atoms with Gasteiger partial charge in [-0.05, 0) is 47.2 Å².